The van der Waals surface area contributed by atoms with Gasteiger partial charge in [0.2, 0.25) is 0 Å². The summed E-state index contributed by atoms with van der Waals surface area (Å²) in [6.07, 6.45) is 0. The predicted molar refractivity (Wildman–Crippen MR) is 51.6 cm³/mol. The van der Waals surface area contributed by atoms with Crippen LogP contribution in [-0.4, -0.2) is 25.9 Å². The molecule has 0 spiro atoms. The van der Waals surface area contributed by atoms with Crippen LogP contribution in [0.5, 0.6) is 0 Å². The van der Waals surface area contributed by atoms with Crippen LogP contribution in [0, 0.1) is 0 Å². The Kier molecular flexibility index (Phi) is 4.95. The van der Waals surface area contributed by atoms with E-state index in [1.165, 1.54) is 0 Å². The third-order valence-corrected chi connectivity index (χ3v) is 3.54. The Morgan fingerprint density at radius 3 is 1.88 bits per heavy atom. The summed E-state index contributed by atoms with van der Waals surface area (Å²) in [4.78, 5) is -1.97. The van der Waals surface area contributed by atoms with Gasteiger partial charge in [-0.3, -0.25) is 9.11 Å². The van der Waals surface area contributed by atoms with E-state index in [0.717, 1.165) is 18.2 Å². The van der Waals surface area contributed by atoms with E-state index in [-0.39, 0.29) is 31.0 Å². The second-order valence-corrected chi connectivity index (χ2v) is 5.37. The minimum absolute atomic E-state index is 0. The molecule has 0 heterocycles. The van der Waals surface area contributed by atoms with Crippen molar-refractivity contribution in [3.8, 4) is 0 Å². The molecule has 0 radical (unpaired) electrons. The zero-order chi connectivity index (χ0) is 11.9. The number of benzene rings is 1. The van der Waals surface area contributed by atoms with E-state index in [4.69, 9.17) is 14.8 Å². The van der Waals surface area contributed by atoms with Gasteiger partial charge in [0.25, 0.3) is 20.2 Å². The van der Waals surface area contributed by atoms with E-state index in [9.17, 15) is 16.8 Å². The van der Waals surface area contributed by atoms with Crippen LogP contribution < -0.4 is 35.3 Å². The Morgan fingerprint density at radius 1 is 1.06 bits per heavy atom. The van der Waals surface area contributed by atoms with Crippen molar-refractivity contribution in [2.45, 2.75) is 9.79 Å². The SMILES string of the molecule is Nc1cccc(S(=O)(=O)O)c1S(=O)(=O)O.[H-].[Na+]. The molecule has 0 atom stereocenters. The van der Waals surface area contributed by atoms with Crippen LogP contribution in [0.1, 0.15) is 1.43 Å². The van der Waals surface area contributed by atoms with Gasteiger partial charge in [-0.15, -0.1) is 0 Å². The molecule has 7 nitrogen and oxygen atoms in total. The van der Waals surface area contributed by atoms with Gasteiger partial charge in [-0.05, 0) is 12.1 Å². The van der Waals surface area contributed by atoms with Gasteiger partial charge in [0, 0.05) is 0 Å². The number of hydrogen-bond acceptors (Lipinski definition) is 5. The summed E-state index contributed by atoms with van der Waals surface area (Å²) in [6.45, 7) is 0. The van der Waals surface area contributed by atoms with Crippen LogP contribution in [0.25, 0.3) is 0 Å². The van der Waals surface area contributed by atoms with Crippen molar-refractivity contribution in [3.63, 3.8) is 0 Å². The molecule has 0 aliphatic rings. The standard InChI is InChI=1S/C6H7NO6S2.Na.H/c7-4-2-1-3-5(14(8,9)10)6(4)15(11,12)13;;/h1-3H,7H2,(H,8,9,10)(H,11,12,13);;/q;+1;-1. The average Bonchev–Trinajstić information content (AvgIpc) is 1.99. The molecule has 0 amide bonds. The Labute approximate surface area is 116 Å². The molecule has 1 aromatic rings. The van der Waals surface area contributed by atoms with Gasteiger partial charge in [-0.2, -0.15) is 16.8 Å². The maximum Gasteiger partial charge on any atom is 1.00 e. The van der Waals surface area contributed by atoms with Crippen LogP contribution in [-0.2, 0) is 20.2 Å². The number of rotatable bonds is 2. The average molecular weight is 277 g/mol. The first kappa shape index (κ1) is 15.8. The van der Waals surface area contributed by atoms with Crippen molar-refractivity contribution in [2.75, 3.05) is 5.73 Å². The summed E-state index contributed by atoms with van der Waals surface area (Å²) in [5, 5.41) is 0. The molecule has 1 rings (SSSR count). The minimum atomic E-state index is -4.81. The molecule has 4 N–H and O–H groups in total. The van der Waals surface area contributed by atoms with Crippen molar-refractivity contribution in [2.24, 2.45) is 0 Å². The van der Waals surface area contributed by atoms with Crippen LogP contribution >= 0.6 is 0 Å². The first-order valence-electron chi connectivity index (χ1n) is 3.47. The second kappa shape index (κ2) is 5.00. The van der Waals surface area contributed by atoms with Crippen LogP contribution in [0.4, 0.5) is 5.69 Å². The van der Waals surface area contributed by atoms with Crippen LogP contribution in [0.3, 0.4) is 0 Å². The number of anilines is 1. The maximum absolute atomic E-state index is 10.8. The molecule has 0 bridgehead atoms. The van der Waals surface area contributed by atoms with E-state index in [2.05, 4.69) is 0 Å². The molecule has 0 aliphatic heterocycles. The van der Waals surface area contributed by atoms with E-state index < -0.39 is 35.7 Å². The quantitative estimate of drug-likeness (QED) is 0.295. The van der Waals surface area contributed by atoms with Crippen molar-refractivity contribution in [3.05, 3.63) is 18.2 Å². The van der Waals surface area contributed by atoms with Gasteiger partial charge in [0.15, 0.2) is 0 Å². The molecular weight excluding hydrogens is 269 g/mol. The molecule has 0 unspecified atom stereocenters. The summed E-state index contributed by atoms with van der Waals surface area (Å²) in [7, 11) is -9.57. The fraction of sp³-hybridized carbons (Fsp3) is 0. The molecular formula is C6H8NNaO6S2. The predicted octanol–water partition coefficient (Wildman–Crippen LogP) is -3.12. The van der Waals surface area contributed by atoms with Gasteiger partial charge in [-0.1, -0.05) is 6.07 Å². The Hall–Kier alpha value is -0.160. The van der Waals surface area contributed by atoms with E-state index in [1.807, 2.05) is 0 Å². The molecule has 0 fully saturated rings. The second-order valence-electron chi connectivity index (χ2n) is 2.62. The Bertz CT molecular complexity index is 599. The molecule has 0 saturated heterocycles. The first-order valence-corrected chi connectivity index (χ1v) is 6.35. The summed E-state index contributed by atoms with van der Waals surface area (Å²) >= 11 is 0. The van der Waals surface area contributed by atoms with Gasteiger partial charge in [0.1, 0.15) is 9.79 Å². The third-order valence-electron chi connectivity index (χ3n) is 1.55. The van der Waals surface area contributed by atoms with Crippen molar-refractivity contribution < 1.29 is 56.9 Å². The zero-order valence-corrected chi connectivity index (χ0v) is 11.8. The molecule has 10 heteroatoms. The fourth-order valence-electron chi connectivity index (χ4n) is 1.01. The zero-order valence-electron chi connectivity index (χ0n) is 9.15. The molecule has 0 aliphatic carbocycles. The number of nitrogens with two attached hydrogens (primary N) is 1. The molecule has 16 heavy (non-hydrogen) atoms. The summed E-state index contributed by atoms with van der Waals surface area (Å²) < 4.78 is 60.6. The van der Waals surface area contributed by atoms with E-state index in [1.54, 1.807) is 0 Å². The van der Waals surface area contributed by atoms with Crippen LogP contribution in [0.15, 0.2) is 28.0 Å². The van der Waals surface area contributed by atoms with E-state index in [0.29, 0.717) is 0 Å². The largest absolute Gasteiger partial charge is 1.00 e. The van der Waals surface area contributed by atoms with Gasteiger partial charge >= 0.3 is 29.6 Å². The smallest absolute Gasteiger partial charge is 1.00 e. The molecule has 86 valence electrons. The third kappa shape index (κ3) is 3.42. The Balaban J connectivity index is 0. The molecule has 0 aromatic heterocycles. The maximum atomic E-state index is 10.8. The fourth-order valence-corrected chi connectivity index (χ4v) is 2.93. The number of hydrogen-bond donors (Lipinski definition) is 3. The van der Waals surface area contributed by atoms with Crippen molar-refractivity contribution in [1.82, 2.24) is 0 Å². The monoisotopic (exact) mass is 277 g/mol. The van der Waals surface area contributed by atoms with Crippen molar-refractivity contribution >= 4 is 25.9 Å². The first-order chi connectivity index (χ1) is 6.64. The topological polar surface area (TPSA) is 135 Å². The van der Waals surface area contributed by atoms with Crippen molar-refractivity contribution in [1.29, 1.82) is 0 Å². The van der Waals surface area contributed by atoms with Gasteiger partial charge < -0.3 is 7.16 Å². The van der Waals surface area contributed by atoms with Gasteiger partial charge in [0.05, 0.1) is 5.69 Å². The Morgan fingerprint density at radius 2 is 1.56 bits per heavy atom. The summed E-state index contributed by atoms with van der Waals surface area (Å²) in [6, 6.07) is 3.03. The molecule has 1 aromatic carbocycles. The summed E-state index contributed by atoms with van der Waals surface area (Å²) in [5.74, 6) is 0. The summed E-state index contributed by atoms with van der Waals surface area (Å²) in [5.41, 5.74) is 4.72. The van der Waals surface area contributed by atoms with Gasteiger partial charge in [-0.25, -0.2) is 0 Å². The van der Waals surface area contributed by atoms with Crippen LogP contribution in [0.2, 0.25) is 0 Å². The number of nitrogen functional groups attached to an aromatic ring is 1. The normalized spacial score (nSPS) is 11.9. The van der Waals surface area contributed by atoms with E-state index >= 15 is 0 Å². The minimum Gasteiger partial charge on any atom is -1.00 e. The molecule has 0 saturated carbocycles.